The van der Waals surface area contributed by atoms with Crippen molar-refractivity contribution in [3.05, 3.63) is 34.6 Å². The molecule has 0 saturated heterocycles. The molecule has 0 saturated carbocycles. The highest BCUT2D eigenvalue weighted by Crippen LogP contribution is 2.18. The molecular formula is C21H31N3O3S. The lowest BCUT2D eigenvalue weighted by molar-refractivity contribution is -0.119. The van der Waals surface area contributed by atoms with Crippen LogP contribution in [0.3, 0.4) is 0 Å². The molecule has 28 heavy (non-hydrogen) atoms. The molecule has 0 radical (unpaired) electrons. The van der Waals surface area contributed by atoms with E-state index in [4.69, 9.17) is 5.11 Å². The van der Waals surface area contributed by atoms with Gasteiger partial charge >= 0.3 is 0 Å². The number of aliphatic hydroxyl groups excluding tert-OH is 1. The molecule has 1 aromatic heterocycles. The molecule has 2 N–H and O–H groups in total. The van der Waals surface area contributed by atoms with Crippen molar-refractivity contribution in [1.29, 1.82) is 0 Å². The Labute approximate surface area is 170 Å². The number of rotatable bonds is 11. The summed E-state index contributed by atoms with van der Waals surface area (Å²) in [6.07, 6.45) is 3.68. The Bertz CT molecular complexity index is 835. The number of nitrogens with one attached hydrogen (secondary N) is 1. The number of thioether (sulfide) groups is 1. The monoisotopic (exact) mass is 405 g/mol. The van der Waals surface area contributed by atoms with Crippen LogP contribution in [0, 0.1) is 5.92 Å². The summed E-state index contributed by atoms with van der Waals surface area (Å²) in [4.78, 5) is 29.7. The van der Waals surface area contributed by atoms with Crippen LogP contribution in [-0.2, 0) is 11.3 Å². The van der Waals surface area contributed by atoms with Crippen LogP contribution in [0.5, 0.6) is 0 Å². The summed E-state index contributed by atoms with van der Waals surface area (Å²) >= 11 is 1.26. The van der Waals surface area contributed by atoms with E-state index in [9.17, 15) is 9.59 Å². The fourth-order valence-electron chi connectivity index (χ4n) is 3.03. The minimum atomic E-state index is -0.135. The lowest BCUT2D eigenvalue weighted by atomic mass is 10.0. The maximum atomic E-state index is 12.8. The molecule has 1 unspecified atom stereocenters. The third kappa shape index (κ3) is 6.63. The van der Waals surface area contributed by atoms with Gasteiger partial charge in [-0.25, -0.2) is 4.98 Å². The second-order valence-corrected chi connectivity index (χ2v) is 8.47. The second-order valence-electron chi connectivity index (χ2n) is 7.53. The molecule has 154 valence electrons. The maximum absolute atomic E-state index is 12.8. The lowest BCUT2D eigenvalue weighted by Gasteiger charge is -2.15. The number of fused-ring (bicyclic) bond motifs is 1. The van der Waals surface area contributed by atoms with Crippen LogP contribution >= 0.6 is 11.8 Å². The number of carbonyl (C=O) groups excluding carboxylic acids is 1. The summed E-state index contributed by atoms with van der Waals surface area (Å²) in [7, 11) is 0. The fraction of sp³-hybridized carbons (Fsp3) is 0.571. The van der Waals surface area contributed by atoms with E-state index < -0.39 is 0 Å². The number of aliphatic hydroxyl groups is 1. The number of para-hydroxylation sites is 1. The van der Waals surface area contributed by atoms with Gasteiger partial charge < -0.3 is 10.4 Å². The standard InChI is InChI=1S/C21H31N3O3S/c1-15(2)8-6-9-16(3)22-19(26)14-28-21-23-18-11-5-4-10-17(18)20(27)24(21)12-7-13-25/h4-5,10-11,15-16,25H,6-9,12-14H2,1-3H3,(H,22,26). The first kappa shape index (κ1) is 22.4. The fourth-order valence-corrected chi connectivity index (χ4v) is 3.87. The Morgan fingerprint density at radius 2 is 1.96 bits per heavy atom. The molecule has 7 heteroatoms. The first-order valence-corrected chi connectivity index (χ1v) is 10.9. The van der Waals surface area contributed by atoms with Crippen LogP contribution in [0.1, 0.15) is 46.5 Å². The van der Waals surface area contributed by atoms with Crippen molar-refractivity contribution in [3.63, 3.8) is 0 Å². The topological polar surface area (TPSA) is 84.2 Å². The molecule has 1 heterocycles. The molecule has 1 atom stereocenters. The van der Waals surface area contributed by atoms with Crippen LogP contribution in [0.15, 0.2) is 34.2 Å². The Morgan fingerprint density at radius 3 is 2.68 bits per heavy atom. The normalized spacial score (nSPS) is 12.5. The third-order valence-corrected chi connectivity index (χ3v) is 5.50. The van der Waals surface area contributed by atoms with E-state index in [1.807, 2.05) is 19.1 Å². The van der Waals surface area contributed by atoms with E-state index in [0.29, 0.717) is 34.9 Å². The van der Waals surface area contributed by atoms with Gasteiger partial charge in [0.25, 0.3) is 5.56 Å². The van der Waals surface area contributed by atoms with Crippen molar-refractivity contribution < 1.29 is 9.90 Å². The van der Waals surface area contributed by atoms with Crippen molar-refractivity contribution >= 4 is 28.6 Å². The highest BCUT2D eigenvalue weighted by atomic mass is 32.2. The van der Waals surface area contributed by atoms with Gasteiger partial charge in [-0.1, -0.05) is 50.6 Å². The van der Waals surface area contributed by atoms with Gasteiger partial charge in [-0.2, -0.15) is 0 Å². The number of amides is 1. The Balaban J connectivity index is 2.04. The minimum Gasteiger partial charge on any atom is -0.396 e. The largest absolute Gasteiger partial charge is 0.396 e. The van der Waals surface area contributed by atoms with E-state index in [0.717, 1.165) is 19.3 Å². The number of hydrogen-bond acceptors (Lipinski definition) is 5. The molecule has 2 rings (SSSR count). The van der Waals surface area contributed by atoms with Crippen LogP contribution in [-0.4, -0.2) is 39.0 Å². The second kappa shape index (κ2) is 11.2. The van der Waals surface area contributed by atoms with E-state index >= 15 is 0 Å². The molecule has 0 fully saturated rings. The number of aromatic nitrogens is 2. The molecule has 0 aliphatic heterocycles. The van der Waals surface area contributed by atoms with E-state index in [1.165, 1.54) is 11.8 Å². The summed E-state index contributed by atoms with van der Waals surface area (Å²) in [5, 5.41) is 13.2. The molecule has 0 spiro atoms. The first-order chi connectivity index (χ1) is 13.4. The smallest absolute Gasteiger partial charge is 0.262 e. The SMILES string of the molecule is CC(C)CCCC(C)NC(=O)CSc1nc2ccccc2c(=O)n1CCCO. The molecule has 1 amide bonds. The van der Waals surface area contributed by atoms with Gasteiger partial charge in [-0.3, -0.25) is 14.2 Å². The number of hydrogen-bond donors (Lipinski definition) is 2. The molecule has 0 aliphatic carbocycles. The predicted octanol–water partition coefficient (Wildman–Crippen LogP) is 3.20. The quantitative estimate of drug-likeness (QED) is 0.443. The highest BCUT2D eigenvalue weighted by molar-refractivity contribution is 7.99. The summed E-state index contributed by atoms with van der Waals surface area (Å²) in [6.45, 7) is 6.80. The van der Waals surface area contributed by atoms with Crippen molar-refractivity contribution in [3.8, 4) is 0 Å². The summed E-state index contributed by atoms with van der Waals surface area (Å²) in [6, 6.07) is 7.33. The highest BCUT2D eigenvalue weighted by Gasteiger charge is 2.14. The average molecular weight is 406 g/mol. The lowest BCUT2D eigenvalue weighted by Crippen LogP contribution is -2.34. The van der Waals surface area contributed by atoms with Crippen LogP contribution < -0.4 is 10.9 Å². The van der Waals surface area contributed by atoms with Gasteiger partial charge in [0.05, 0.1) is 16.7 Å². The van der Waals surface area contributed by atoms with Crippen LogP contribution in [0.4, 0.5) is 0 Å². The van der Waals surface area contributed by atoms with Gasteiger partial charge in [-0.15, -0.1) is 0 Å². The molecule has 2 aromatic rings. The number of nitrogens with zero attached hydrogens (tertiary/aromatic N) is 2. The van der Waals surface area contributed by atoms with Gasteiger partial charge in [0.1, 0.15) is 0 Å². The van der Waals surface area contributed by atoms with Crippen LogP contribution in [0.2, 0.25) is 0 Å². The molecule has 1 aromatic carbocycles. The molecule has 6 nitrogen and oxygen atoms in total. The zero-order chi connectivity index (χ0) is 20.5. The zero-order valence-electron chi connectivity index (χ0n) is 17.0. The van der Waals surface area contributed by atoms with E-state index in [1.54, 1.807) is 16.7 Å². The van der Waals surface area contributed by atoms with Gasteiger partial charge in [0.15, 0.2) is 5.16 Å². The van der Waals surface area contributed by atoms with Crippen molar-refractivity contribution in [1.82, 2.24) is 14.9 Å². The minimum absolute atomic E-state index is 0.00223. The summed E-state index contributed by atoms with van der Waals surface area (Å²) < 4.78 is 1.56. The van der Waals surface area contributed by atoms with Crippen LogP contribution in [0.25, 0.3) is 10.9 Å². The zero-order valence-corrected chi connectivity index (χ0v) is 17.8. The third-order valence-electron chi connectivity index (χ3n) is 4.52. The molecular weight excluding hydrogens is 374 g/mol. The molecule has 0 bridgehead atoms. The molecule has 0 aliphatic rings. The average Bonchev–Trinajstić information content (AvgIpc) is 2.65. The van der Waals surface area contributed by atoms with Gasteiger partial charge in [-0.05, 0) is 37.8 Å². The van der Waals surface area contributed by atoms with Gasteiger partial charge in [0.2, 0.25) is 5.91 Å². The number of benzene rings is 1. The Kier molecular flexibility index (Phi) is 8.99. The van der Waals surface area contributed by atoms with E-state index in [-0.39, 0.29) is 29.9 Å². The van der Waals surface area contributed by atoms with Crippen molar-refractivity contribution in [2.45, 2.75) is 64.2 Å². The summed E-state index contributed by atoms with van der Waals surface area (Å²) in [5.74, 6) is 0.824. The van der Waals surface area contributed by atoms with E-state index in [2.05, 4.69) is 24.1 Å². The predicted molar refractivity (Wildman–Crippen MR) is 115 cm³/mol. The maximum Gasteiger partial charge on any atom is 0.262 e. The number of carbonyl (C=O) groups is 1. The van der Waals surface area contributed by atoms with Crippen molar-refractivity contribution in [2.24, 2.45) is 5.92 Å². The van der Waals surface area contributed by atoms with Gasteiger partial charge in [0, 0.05) is 19.2 Å². The Morgan fingerprint density at radius 1 is 1.21 bits per heavy atom. The Hall–Kier alpha value is -1.86. The first-order valence-electron chi connectivity index (χ1n) is 9.95. The van der Waals surface area contributed by atoms with Crippen molar-refractivity contribution in [2.75, 3.05) is 12.4 Å². The summed E-state index contributed by atoms with van der Waals surface area (Å²) in [5.41, 5.74) is 0.488.